The first-order valence-electron chi connectivity index (χ1n) is 9.58. The van der Waals surface area contributed by atoms with Crippen molar-refractivity contribution in [3.63, 3.8) is 0 Å². The SMILES string of the molecule is O=C(CCC1CCCN(C(=O)c2cccc(Cl)c2)C1)NCc1ccccc1Cl. The predicted octanol–water partition coefficient (Wildman–Crippen LogP) is 4.94. The van der Waals surface area contributed by atoms with Crippen molar-refractivity contribution < 1.29 is 9.59 Å². The molecule has 1 unspecified atom stereocenters. The number of hydrogen-bond donors (Lipinski definition) is 1. The first kappa shape index (κ1) is 20.7. The lowest BCUT2D eigenvalue weighted by molar-refractivity contribution is -0.121. The van der Waals surface area contributed by atoms with E-state index in [0.717, 1.165) is 31.4 Å². The second-order valence-electron chi connectivity index (χ2n) is 7.18. The average molecular weight is 419 g/mol. The molecule has 3 rings (SSSR count). The van der Waals surface area contributed by atoms with Gasteiger partial charge < -0.3 is 10.2 Å². The van der Waals surface area contributed by atoms with Gasteiger partial charge in [-0.15, -0.1) is 0 Å². The summed E-state index contributed by atoms with van der Waals surface area (Å²) < 4.78 is 0. The molecule has 0 saturated carbocycles. The number of halogens is 2. The molecule has 2 aromatic carbocycles. The number of carbonyl (C=O) groups excluding carboxylic acids is 2. The van der Waals surface area contributed by atoms with E-state index in [1.54, 1.807) is 24.3 Å². The molecule has 2 amide bonds. The second-order valence-corrected chi connectivity index (χ2v) is 8.02. The van der Waals surface area contributed by atoms with Gasteiger partial charge in [0.1, 0.15) is 0 Å². The van der Waals surface area contributed by atoms with Crippen LogP contribution in [-0.2, 0) is 11.3 Å². The van der Waals surface area contributed by atoms with E-state index in [1.165, 1.54) is 0 Å². The topological polar surface area (TPSA) is 49.4 Å². The van der Waals surface area contributed by atoms with Crippen molar-refractivity contribution in [3.05, 3.63) is 69.7 Å². The van der Waals surface area contributed by atoms with Gasteiger partial charge in [-0.2, -0.15) is 0 Å². The molecular formula is C22H24Cl2N2O2. The van der Waals surface area contributed by atoms with Gasteiger partial charge >= 0.3 is 0 Å². The molecule has 4 nitrogen and oxygen atoms in total. The van der Waals surface area contributed by atoms with Crippen LogP contribution in [0.15, 0.2) is 48.5 Å². The third-order valence-electron chi connectivity index (χ3n) is 5.09. The van der Waals surface area contributed by atoms with Gasteiger partial charge in [-0.25, -0.2) is 0 Å². The second kappa shape index (κ2) is 9.94. The quantitative estimate of drug-likeness (QED) is 0.721. The molecule has 0 aliphatic carbocycles. The van der Waals surface area contributed by atoms with Gasteiger partial charge in [0.2, 0.25) is 5.91 Å². The maximum Gasteiger partial charge on any atom is 0.253 e. The number of amides is 2. The van der Waals surface area contributed by atoms with E-state index in [-0.39, 0.29) is 11.8 Å². The predicted molar refractivity (Wildman–Crippen MR) is 113 cm³/mol. The summed E-state index contributed by atoms with van der Waals surface area (Å²) >= 11 is 12.1. The lowest BCUT2D eigenvalue weighted by Gasteiger charge is -2.33. The Labute approximate surface area is 175 Å². The molecule has 1 fully saturated rings. The summed E-state index contributed by atoms with van der Waals surface area (Å²) in [5.74, 6) is 0.358. The summed E-state index contributed by atoms with van der Waals surface area (Å²) in [6, 6.07) is 14.5. The molecule has 28 heavy (non-hydrogen) atoms. The van der Waals surface area contributed by atoms with Crippen LogP contribution in [0.2, 0.25) is 10.0 Å². The molecule has 0 aromatic heterocycles. The van der Waals surface area contributed by atoms with E-state index >= 15 is 0 Å². The van der Waals surface area contributed by atoms with Crippen molar-refractivity contribution in [1.82, 2.24) is 10.2 Å². The van der Waals surface area contributed by atoms with Crippen LogP contribution in [0.4, 0.5) is 0 Å². The van der Waals surface area contributed by atoms with Crippen LogP contribution in [0.25, 0.3) is 0 Å². The first-order chi connectivity index (χ1) is 13.5. The summed E-state index contributed by atoms with van der Waals surface area (Å²) in [7, 11) is 0. The minimum atomic E-state index is 0.00960. The van der Waals surface area contributed by atoms with Gasteiger partial charge in [0, 0.05) is 41.7 Å². The smallest absolute Gasteiger partial charge is 0.253 e. The molecule has 148 valence electrons. The number of nitrogens with one attached hydrogen (secondary N) is 1. The molecule has 1 heterocycles. The number of benzene rings is 2. The summed E-state index contributed by atoms with van der Waals surface area (Å²) in [6.45, 7) is 1.87. The molecular weight excluding hydrogens is 395 g/mol. The molecule has 0 spiro atoms. The minimum Gasteiger partial charge on any atom is -0.352 e. The summed E-state index contributed by atoms with van der Waals surface area (Å²) in [5.41, 5.74) is 1.53. The zero-order valence-electron chi connectivity index (χ0n) is 15.7. The number of rotatable bonds is 6. The molecule has 6 heteroatoms. The highest BCUT2D eigenvalue weighted by atomic mass is 35.5. The van der Waals surface area contributed by atoms with Gasteiger partial charge in [0.05, 0.1) is 0 Å². The molecule has 2 aromatic rings. The largest absolute Gasteiger partial charge is 0.352 e. The fourth-order valence-corrected chi connectivity index (χ4v) is 3.94. The van der Waals surface area contributed by atoms with Gasteiger partial charge in [-0.1, -0.05) is 47.5 Å². The van der Waals surface area contributed by atoms with E-state index in [1.807, 2.05) is 29.2 Å². The number of hydrogen-bond acceptors (Lipinski definition) is 2. The summed E-state index contributed by atoms with van der Waals surface area (Å²) in [6.07, 6.45) is 3.22. The molecule has 1 saturated heterocycles. The maximum absolute atomic E-state index is 12.7. The zero-order valence-corrected chi connectivity index (χ0v) is 17.2. The van der Waals surface area contributed by atoms with Gasteiger partial charge in [0.15, 0.2) is 0 Å². The van der Waals surface area contributed by atoms with E-state index in [0.29, 0.717) is 41.0 Å². The Morgan fingerprint density at radius 1 is 1.11 bits per heavy atom. The average Bonchev–Trinajstić information content (AvgIpc) is 2.71. The Morgan fingerprint density at radius 3 is 2.71 bits per heavy atom. The van der Waals surface area contributed by atoms with Crippen molar-refractivity contribution in [3.8, 4) is 0 Å². The first-order valence-corrected chi connectivity index (χ1v) is 10.3. The third-order valence-corrected chi connectivity index (χ3v) is 5.70. The third kappa shape index (κ3) is 5.73. The zero-order chi connectivity index (χ0) is 19.9. The monoisotopic (exact) mass is 418 g/mol. The molecule has 1 aliphatic heterocycles. The van der Waals surface area contributed by atoms with Crippen molar-refractivity contribution in [2.75, 3.05) is 13.1 Å². The fraction of sp³-hybridized carbons (Fsp3) is 0.364. The van der Waals surface area contributed by atoms with Gasteiger partial charge in [0.25, 0.3) is 5.91 Å². The van der Waals surface area contributed by atoms with Crippen molar-refractivity contribution in [2.45, 2.75) is 32.2 Å². The Balaban J connectivity index is 1.46. The van der Waals surface area contributed by atoms with E-state index in [4.69, 9.17) is 23.2 Å². The highest BCUT2D eigenvalue weighted by molar-refractivity contribution is 6.31. The molecule has 0 bridgehead atoms. The molecule has 1 N–H and O–H groups in total. The van der Waals surface area contributed by atoms with Crippen LogP contribution in [0.3, 0.4) is 0 Å². The van der Waals surface area contributed by atoms with Crippen LogP contribution in [-0.4, -0.2) is 29.8 Å². The van der Waals surface area contributed by atoms with E-state index in [9.17, 15) is 9.59 Å². The standard InChI is InChI=1S/C22H24Cl2N2O2/c23-19-8-3-7-17(13-19)22(28)26-12-4-5-16(15-26)10-11-21(27)25-14-18-6-1-2-9-20(18)24/h1-3,6-9,13,16H,4-5,10-12,14-15H2,(H,25,27). The molecule has 1 aliphatic rings. The molecule has 0 radical (unpaired) electrons. The minimum absolute atomic E-state index is 0.00960. The van der Waals surface area contributed by atoms with Crippen LogP contribution >= 0.6 is 23.2 Å². The Morgan fingerprint density at radius 2 is 1.93 bits per heavy atom. The number of nitrogens with zero attached hydrogens (tertiary/aromatic N) is 1. The fourth-order valence-electron chi connectivity index (χ4n) is 3.55. The van der Waals surface area contributed by atoms with Crippen molar-refractivity contribution in [2.24, 2.45) is 5.92 Å². The van der Waals surface area contributed by atoms with Crippen LogP contribution in [0.5, 0.6) is 0 Å². The van der Waals surface area contributed by atoms with Crippen molar-refractivity contribution in [1.29, 1.82) is 0 Å². The number of piperidine rings is 1. The van der Waals surface area contributed by atoms with Gasteiger partial charge in [-0.05, 0) is 55.0 Å². The summed E-state index contributed by atoms with van der Waals surface area (Å²) in [4.78, 5) is 26.8. The van der Waals surface area contributed by atoms with Crippen LogP contribution in [0, 0.1) is 5.92 Å². The Hall–Kier alpha value is -2.04. The van der Waals surface area contributed by atoms with E-state index in [2.05, 4.69) is 5.32 Å². The van der Waals surface area contributed by atoms with Gasteiger partial charge in [-0.3, -0.25) is 9.59 Å². The number of likely N-dealkylation sites (tertiary alicyclic amines) is 1. The number of carbonyl (C=O) groups is 2. The maximum atomic E-state index is 12.7. The van der Waals surface area contributed by atoms with Crippen LogP contribution in [0.1, 0.15) is 41.6 Å². The van der Waals surface area contributed by atoms with Crippen LogP contribution < -0.4 is 5.32 Å². The normalized spacial score (nSPS) is 16.6. The van der Waals surface area contributed by atoms with Crippen molar-refractivity contribution >= 4 is 35.0 Å². The lowest BCUT2D eigenvalue weighted by atomic mass is 9.92. The Bertz CT molecular complexity index is 841. The van der Waals surface area contributed by atoms with E-state index < -0.39 is 0 Å². The molecule has 1 atom stereocenters. The lowest BCUT2D eigenvalue weighted by Crippen LogP contribution is -2.40. The highest BCUT2D eigenvalue weighted by Gasteiger charge is 2.25. The summed E-state index contributed by atoms with van der Waals surface area (Å²) in [5, 5.41) is 4.15. The highest BCUT2D eigenvalue weighted by Crippen LogP contribution is 2.23. The Kier molecular flexibility index (Phi) is 7.35.